The van der Waals surface area contributed by atoms with Gasteiger partial charge in [0.05, 0.1) is 5.75 Å². The fraction of sp³-hybridized carbons (Fsp3) is 0.538. The highest BCUT2D eigenvalue weighted by Gasteiger charge is 2.21. The maximum Gasteiger partial charge on any atom is 0.213 e. The molecule has 0 aliphatic carbocycles. The van der Waals surface area contributed by atoms with Gasteiger partial charge in [0, 0.05) is 13.1 Å². The third-order valence-electron chi connectivity index (χ3n) is 3.08. The maximum atomic E-state index is 11.7. The number of hydrogen-bond acceptors (Lipinski definition) is 2. The molecule has 1 atom stereocenters. The number of likely N-dealkylation sites (N-methyl/N-ethyl adjacent to an activating group) is 1. The van der Waals surface area contributed by atoms with Gasteiger partial charge >= 0.3 is 0 Å². The highest BCUT2D eigenvalue weighted by molar-refractivity contribution is 7.89. The Morgan fingerprint density at radius 2 is 1.76 bits per heavy atom. The fourth-order valence-corrected chi connectivity index (χ4v) is 2.70. The van der Waals surface area contributed by atoms with Gasteiger partial charge in [0.2, 0.25) is 10.0 Å². The second-order valence-corrected chi connectivity index (χ2v) is 6.77. The van der Waals surface area contributed by atoms with E-state index in [0.29, 0.717) is 0 Å². The van der Waals surface area contributed by atoms with Crippen LogP contribution in [0.25, 0.3) is 0 Å². The van der Waals surface area contributed by atoms with Crippen molar-refractivity contribution in [1.82, 2.24) is 4.31 Å². The number of benzene rings is 1. The molecule has 0 saturated heterocycles. The van der Waals surface area contributed by atoms with Gasteiger partial charge in [-0.1, -0.05) is 29.8 Å². The average molecular weight is 255 g/mol. The molecular weight excluding hydrogens is 234 g/mol. The quantitative estimate of drug-likeness (QED) is 0.809. The Kier molecular flexibility index (Phi) is 4.71. The third-order valence-corrected chi connectivity index (χ3v) is 5.04. The molecule has 0 aliphatic heterocycles. The van der Waals surface area contributed by atoms with E-state index in [1.807, 2.05) is 13.8 Å². The minimum absolute atomic E-state index is 0.0114. The second-order valence-electron chi connectivity index (χ2n) is 4.46. The summed E-state index contributed by atoms with van der Waals surface area (Å²) in [6, 6.07) is 8.20. The minimum atomic E-state index is -3.09. The van der Waals surface area contributed by atoms with Crippen LogP contribution in [0, 0.1) is 6.92 Å². The minimum Gasteiger partial charge on any atom is -0.212 e. The van der Waals surface area contributed by atoms with Crippen molar-refractivity contribution in [3.05, 3.63) is 35.4 Å². The standard InChI is InChI=1S/C13H21NO2S/c1-5-17(15,16)14(4)12(3)10-13-8-6-11(2)7-9-13/h6-9,12H,5,10H2,1-4H3/t12-/m0/s1. The molecule has 0 unspecified atom stereocenters. The van der Waals surface area contributed by atoms with Crippen molar-refractivity contribution >= 4 is 10.0 Å². The van der Waals surface area contributed by atoms with Crippen LogP contribution in [0.4, 0.5) is 0 Å². The largest absolute Gasteiger partial charge is 0.213 e. The Labute approximate surface area is 105 Å². The number of sulfonamides is 1. The van der Waals surface area contributed by atoms with Crippen LogP contribution in [0.5, 0.6) is 0 Å². The Bertz CT molecular complexity index is 451. The molecule has 0 heterocycles. The van der Waals surface area contributed by atoms with E-state index in [-0.39, 0.29) is 11.8 Å². The van der Waals surface area contributed by atoms with Crippen LogP contribution in [0.1, 0.15) is 25.0 Å². The van der Waals surface area contributed by atoms with Crippen LogP contribution in [0.2, 0.25) is 0 Å². The monoisotopic (exact) mass is 255 g/mol. The van der Waals surface area contributed by atoms with Crippen molar-refractivity contribution in [2.24, 2.45) is 0 Å². The molecule has 0 radical (unpaired) electrons. The smallest absolute Gasteiger partial charge is 0.212 e. The first-order valence-electron chi connectivity index (χ1n) is 5.88. The van der Waals surface area contributed by atoms with Gasteiger partial charge in [-0.15, -0.1) is 0 Å². The predicted octanol–water partition coefficient (Wildman–Crippen LogP) is 2.21. The molecule has 0 bridgehead atoms. The molecule has 0 fully saturated rings. The van der Waals surface area contributed by atoms with Gasteiger partial charge in [-0.2, -0.15) is 0 Å². The maximum absolute atomic E-state index is 11.7. The lowest BCUT2D eigenvalue weighted by molar-refractivity contribution is 0.387. The lowest BCUT2D eigenvalue weighted by Crippen LogP contribution is -2.37. The molecular formula is C13H21NO2S. The summed E-state index contributed by atoms with van der Waals surface area (Å²) >= 11 is 0. The van der Waals surface area contributed by atoms with E-state index in [2.05, 4.69) is 24.3 Å². The molecule has 0 aliphatic rings. The summed E-state index contributed by atoms with van der Waals surface area (Å²) in [5.41, 5.74) is 2.39. The fourth-order valence-electron chi connectivity index (χ4n) is 1.67. The zero-order valence-electron chi connectivity index (χ0n) is 11.0. The Morgan fingerprint density at radius 3 is 2.24 bits per heavy atom. The van der Waals surface area contributed by atoms with E-state index in [1.54, 1.807) is 14.0 Å². The molecule has 0 saturated carbocycles. The van der Waals surface area contributed by atoms with Crippen LogP contribution in [0.3, 0.4) is 0 Å². The number of rotatable bonds is 5. The van der Waals surface area contributed by atoms with Crippen molar-refractivity contribution in [3.8, 4) is 0 Å². The van der Waals surface area contributed by atoms with Crippen LogP contribution in [0.15, 0.2) is 24.3 Å². The molecule has 17 heavy (non-hydrogen) atoms. The lowest BCUT2D eigenvalue weighted by Gasteiger charge is -2.23. The van der Waals surface area contributed by atoms with Gasteiger partial charge < -0.3 is 0 Å². The van der Waals surface area contributed by atoms with Crippen LogP contribution < -0.4 is 0 Å². The van der Waals surface area contributed by atoms with Crippen LogP contribution in [-0.4, -0.2) is 31.6 Å². The predicted molar refractivity (Wildman–Crippen MR) is 71.6 cm³/mol. The second kappa shape index (κ2) is 5.65. The first-order chi connectivity index (χ1) is 7.86. The topological polar surface area (TPSA) is 37.4 Å². The van der Waals surface area contributed by atoms with Gasteiger partial charge in [0.15, 0.2) is 0 Å². The van der Waals surface area contributed by atoms with Crippen molar-refractivity contribution in [3.63, 3.8) is 0 Å². The summed E-state index contributed by atoms with van der Waals surface area (Å²) in [4.78, 5) is 0. The molecule has 0 N–H and O–H groups in total. The van der Waals surface area contributed by atoms with Crippen LogP contribution >= 0.6 is 0 Å². The van der Waals surface area contributed by atoms with E-state index in [0.717, 1.165) is 6.42 Å². The molecule has 1 aromatic rings. The Balaban J connectivity index is 2.73. The van der Waals surface area contributed by atoms with E-state index in [1.165, 1.54) is 15.4 Å². The SMILES string of the molecule is CCS(=O)(=O)N(C)[C@@H](C)Cc1ccc(C)cc1. The number of nitrogens with zero attached hydrogens (tertiary/aromatic N) is 1. The van der Waals surface area contributed by atoms with Crippen molar-refractivity contribution in [1.29, 1.82) is 0 Å². The van der Waals surface area contributed by atoms with Gasteiger partial charge in [0.1, 0.15) is 0 Å². The van der Waals surface area contributed by atoms with Gasteiger partial charge in [-0.3, -0.25) is 0 Å². The summed E-state index contributed by atoms with van der Waals surface area (Å²) in [6.07, 6.45) is 0.746. The molecule has 1 aromatic carbocycles. The summed E-state index contributed by atoms with van der Waals surface area (Å²) in [6.45, 7) is 5.65. The molecule has 96 valence electrons. The molecule has 3 nitrogen and oxygen atoms in total. The first kappa shape index (κ1) is 14.2. The van der Waals surface area contributed by atoms with Gasteiger partial charge in [-0.05, 0) is 32.8 Å². The number of hydrogen-bond donors (Lipinski definition) is 0. The van der Waals surface area contributed by atoms with Crippen LogP contribution in [-0.2, 0) is 16.4 Å². The number of aryl methyl sites for hydroxylation is 1. The Hall–Kier alpha value is -0.870. The lowest BCUT2D eigenvalue weighted by atomic mass is 10.1. The van der Waals surface area contributed by atoms with Gasteiger partial charge in [0.25, 0.3) is 0 Å². The highest BCUT2D eigenvalue weighted by atomic mass is 32.2. The highest BCUT2D eigenvalue weighted by Crippen LogP contribution is 2.12. The van der Waals surface area contributed by atoms with Crippen molar-refractivity contribution in [2.45, 2.75) is 33.2 Å². The molecule has 1 rings (SSSR count). The molecule has 0 amide bonds. The molecule has 0 aromatic heterocycles. The van der Waals surface area contributed by atoms with E-state index < -0.39 is 10.0 Å². The summed E-state index contributed by atoms with van der Waals surface area (Å²) < 4.78 is 24.9. The Morgan fingerprint density at radius 1 is 1.24 bits per heavy atom. The first-order valence-corrected chi connectivity index (χ1v) is 7.49. The summed E-state index contributed by atoms with van der Waals surface area (Å²) in [7, 11) is -1.44. The molecule has 0 spiro atoms. The van der Waals surface area contributed by atoms with E-state index >= 15 is 0 Å². The normalized spacial score (nSPS) is 13.9. The molecule has 4 heteroatoms. The average Bonchev–Trinajstić information content (AvgIpc) is 2.31. The van der Waals surface area contributed by atoms with E-state index in [4.69, 9.17) is 0 Å². The van der Waals surface area contributed by atoms with E-state index in [9.17, 15) is 8.42 Å². The van der Waals surface area contributed by atoms with Crippen molar-refractivity contribution < 1.29 is 8.42 Å². The third kappa shape index (κ3) is 3.82. The van der Waals surface area contributed by atoms with Gasteiger partial charge in [-0.25, -0.2) is 12.7 Å². The zero-order chi connectivity index (χ0) is 13.1. The van der Waals surface area contributed by atoms with Crippen molar-refractivity contribution in [2.75, 3.05) is 12.8 Å². The zero-order valence-corrected chi connectivity index (χ0v) is 11.8. The summed E-state index contributed by atoms with van der Waals surface area (Å²) in [5, 5.41) is 0. The summed E-state index contributed by atoms with van der Waals surface area (Å²) in [5.74, 6) is 0.155.